The molecule has 0 radical (unpaired) electrons. The Kier molecular flexibility index (Phi) is 5.83. The van der Waals surface area contributed by atoms with Crippen molar-refractivity contribution in [2.24, 2.45) is 0 Å². The first-order valence-electron chi connectivity index (χ1n) is 14.3. The maximum absolute atomic E-state index is 4.94. The van der Waals surface area contributed by atoms with Crippen LogP contribution in [0.5, 0.6) is 0 Å². The first-order chi connectivity index (χ1) is 19.8. The van der Waals surface area contributed by atoms with E-state index in [1.165, 1.54) is 43.6 Å². The van der Waals surface area contributed by atoms with Crippen molar-refractivity contribution in [3.63, 3.8) is 0 Å². The zero-order chi connectivity index (χ0) is 28.4. The molecule has 0 atom stereocenters. The van der Waals surface area contributed by atoms with Crippen LogP contribution < -0.4 is 0 Å². The molecule has 0 aliphatic rings. The van der Waals surface area contributed by atoms with Crippen molar-refractivity contribution >= 4 is 32.3 Å². The van der Waals surface area contributed by atoms with Crippen molar-refractivity contribution in [1.29, 1.82) is 0 Å². The molecule has 5 aromatic carbocycles. The van der Waals surface area contributed by atoms with Gasteiger partial charge >= 0.3 is 0 Å². The van der Waals surface area contributed by atoms with E-state index in [4.69, 9.17) is 19.9 Å². The van der Waals surface area contributed by atoms with E-state index >= 15 is 0 Å². The van der Waals surface area contributed by atoms with Gasteiger partial charge in [0.1, 0.15) is 0 Å². The van der Waals surface area contributed by atoms with E-state index in [1.54, 1.807) is 0 Å². The summed E-state index contributed by atoms with van der Waals surface area (Å²) in [6.07, 6.45) is 0. The standard InChI is InChI=1S/C37H32N4/c1-20(2)30-18-33(37-40-23(5)17-24(6)41-37)32-19-31(25-10-8-7-9-11-25)28-14-15-29(36-38-21(3)16-22(4)39-36)26-12-13-27(30)35(32)34(26)28/h7-20H,1-6H3. The Hall–Kier alpha value is -4.70. The second-order valence-corrected chi connectivity index (χ2v) is 11.5. The minimum absolute atomic E-state index is 0.333. The molecule has 0 aliphatic carbocycles. The van der Waals surface area contributed by atoms with Gasteiger partial charge in [-0.2, -0.15) is 0 Å². The smallest absolute Gasteiger partial charge is 0.160 e. The fourth-order valence-electron chi connectivity index (χ4n) is 6.42. The van der Waals surface area contributed by atoms with E-state index in [0.29, 0.717) is 5.92 Å². The van der Waals surface area contributed by atoms with Crippen molar-refractivity contribution in [1.82, 2.24) is 19.9 Å². The fourth-order valence-corrected chi connectivity index (χ4v) is 6.42. The van der Waals surface area contributed by atoms with E-state index < -0.39 is 0 Å². The first kappa shape index (κ1) is 25.3. The fraction of sp³-hybridized carbons (Fsp3) is 0.189. The van der Waals surface area contributed by atoms with E-state index in [-0.39, 0.29) is 0 Å². The quantitative estimate of drug-likeness (QED) is 0.212. The van der Waals surface area contributed by atoms with E-state index in [0.717, 1.165) is 50.9 Å². The Balaban J connectivity index is 1.71. The number of rotatable bonds is 4. The third-order valence-corrected chi connectivity index (χ3v) is 8.08. The van der Waals surface area contributed by atoms with Crippen LogP contribution in [0.1, 0.15) is 48.1 Å². The van der Waals surface area contributed by atoms with Crippen molar-refractivity contribution in [2.75, 3.05) is 0 Å². The van der Waals surface area contributed by atoms with E-state index in [9.17, 15) is 0 Å². The molecule has 0 spiro atoms. The molecule has 0 saturated heterocycles. The highest BCUT2D eigenvalue weighted by Gasteiger charge is 2.22. The Morgan fingerprint density at radius 1 is 0.463 bits per heavy atom. The molecule has 0 saturated carbocycles. The lowest BCUT2D eigenvalue weighted by Crippen LogP contribution is -2.01. The van der Waals surface area contributed by atoms with Gasteiger partial charge in [0.05, 0.1) is 0 Å². The van der Waals surface area contributed by atoms with Gasteiger partial charge in [-0.3, -0.25) is 0 Å². The van der Waals surface area contributed by atoms with Crippen LogP contribution in [0.3, 0.4) is 0 Å². The van der Waals surface area contributed by atoms with Crippen molar-refractivity contribution in [3.8, 4) is 33.9 Å². The van der Waals surface area contributed by atoms with Gasteiger partial charge in [-0.1, -0.05) is 62.4 Å². The van der Waals surface area contributed by atoms with Crippen LogP contribution >= 0.6 is 0 Å². The van der Waals surface area contributed by atoms with Crippen LogP contribution in [0.15, 0.2) is 78.9 Å². The summed E-state index contributed by atoms with van der Waals surface area (Å²) in [7, 11) is 0. The van der Waals surface area contributed by atoms with Gasteiger partial charge in [0.15, 0.2) is 11.6 Å². The summed E-state index contributed by atoms with van der Waals surface area (Å²) in [6.45, 7) is 12.7. The monoisotopic (exact) mass is 532 g/mol. The van der Waals surface area contributed by atoms with Crippen LogP contribution in [0.4, 0.5) is 0 Å². The van der Waals surface area contributed by atoms with Crippen LogP contribution in [-0.2, 0) is 0 Å². The molecule has 0 amide bonds. The topological polar surface area (TPSA) is 51.6 Å². The highest BCUT2D eigenvalue weighted by molar-refractivity contribution is 6.30. The molecule has 0 unspecified atom stereocenters. The van der Waals surface area contributed by atoms with Crippen molar-refractivity contribution in [3.05, 3.63) is 107 Å². The van der Waals surface area contributed by atoms with Crippen LogP contribution in [0.2, 0.25) is 0 Å². The molecule has 4 nitrogen and oxygen atoms in total. The average molecular weight is 533 g/mol. The van der Waals surface area contributed by atoms with Gasteiger partial charge in [-0.15, -0.1) is 0 Å². The van der Waals surface area contributed by atoms with Gasteiger partial charge in [0.25, 0.3) is 0 Å². The minimum atomic E-state index is 0.333. The van der Waals surface area contributed by atoms with Crippen molar-refractivity contribution < 1.29 is 0 Å². The van der Waals surface area contributed by atoms with Gasteiger partial charge in [0.2, 0.25) is 0 Å². The van der Waals surface area contributed by atoms with E-state index in [2.05, 4.69) is 80.6 Å². The molecule has 4 heteroatoms. The summed E-state index contributed by atoms with van der Waals surface area (Å²) < 4.78 is 0. The zero-order valence-electron chi connectivity index (χ0n) is 24.4. The molecule has 200 valence electrons. The van der Waals surface area contributed by atoms with Crippen LogP contribution in [-0.4, -0.2) is 19.9 Å². The van der Waals surface area contributed by atoms with Crippen LogP contribution in [0.25, 0.3) is 66.2 Å². The Morgan fingerprint density at radius 2 is 0.976 bits per heavy atom. The Bertz CT molecular complexity index is 2070. The lowest BCUT2D eigenvalue weighted by Gasteiger charge is -2.22. The third kappa shape index (κ3) is 4.13. The molecule has 0 aliphatic heterocycles. The highest BCUT2D eigenvalue weighted by Crippen LogP contribution is 2.47. The van der Waals surface area contributed by atoms with Crippen LogP contribution in [0, 0.1) is 27.7 Å². The number of hydrogen-bond acceptors (Lipinski definition) is 4. The number of aromatic nitrogens is 4. The summed E-state index contributed by atoms with van der Waals surface area (Å²) in [4.78, 5) is 19.6. The number of nitrogens with zero attached hydrogens (tertiary/aromatic N) is 4. The third-order valence-electron chi connectivity index (χ3n) is 8.08. The first-order valence-corrected chi connectivity index (χ1v) is 14.3. The molecular weight excluding hydrogens is 500 g/mol. The number of aryl methyl sites for hydroxylation is 4. The van der Waals surface area contributed by atoms with Gasteiger partial charge in [-0.25, -0.2) is 19.9 Å². The summed E-state index contributed by atoms with van der Waals surface area (Å²) in [5.74, 6) is 1.88. The SMILES string of the molecule is Cc1cc(C)nc(-c2ccc3c(-c4ccccc4)cc4c(-c5nc(C)cc(C)n5)cc(C(C)C)c5ccc2c3c45)n1. The Labute approximate surface area is 240 Å². The largest absolute Gasteiger partial charge is 0.233 e. The molecule has 7 aromatic rings. The average Bonchev–Trinajstić information content (AvgIpc) is 2.94. The maximum Gasteiger partial charge on any atom is 0.160 e. The van der Waals surface area contributed by atoms with Gasteiger partial charge in [0, 0.05) is 33.9 Å². The Morgan fingerprint density at radius 3 is 1.59 bits per heavy atom. The summed E-state index contributed by atoms with van der Waals surface area (Å²) in [6, 6.07) is 28.4. The molecule has 2 aromatic heterocycles. The molecule has 0 fully saturated rings. The maximum atomic E-state index is 4.94. The zero-order valence-corrected chi connectivity index (χ0v) is 24.4. The second kappa shape index (κ2) is 9.45. The van der Waals surface area contributed by atoms with Crippen molar-refractivity contribution in [2.45, 2.75) is 47.5 Å². The predicted molar refractivity (Wildman–Crippen MR) is 171 cm³/mol. The summed E-state index contributed by atoms with van der Waals surface area (Å²) in [5, 5.41) is 7.34. The summed E-state index contributed by atoms with van der Waals surface area (Å²) in [5.41, 5.74) is 9.71. The van der Waals surface area contributed by atoms with E-state index in [1.807, 2.05) is 39.8 Å². The molecule has 41 heavy (non-hydrogen) atoms. The molecule has 7 rings (SSSR count). The van der Waals surface area contributed by atoms with Gasteiger partial charge < -0.3 is 0 Å². The lowest BCUT2D eigenvalue weighted by atomic mass is 9.82. The highest BCUT2D eigenvalue weighted by atomic mass is 14.9. The minimum Gasteiger partial charge on any atom is -0.233 e. The lowest BCUT2D eigenvalue weighted by molar-refractivity contribution is 0.876. The molecule has 0 N–H and O–H groups in total. The molecule has 2 heterocycles. The number of hydrogen-bond donors (Lipinski definition) is 0. The molecule has 0 bridgehead atoms. The predicted octanol–water partition coefficient (Wildman–Crippen LogP) is 9.52. The summed E-state index contributed by atoms with van der Waals surface area (Å²) >= 11 is 0. The molecular formula is C37H32N4. The number of benzene rings is 5. The second-order valence-electron chi connectivity index (χ2n) is 11.5. The normalized spacial score (nSPS) is 11.9. The van der Waals surface area contributed by atoms with Gasteiger partial charge in [-0.05, 0) is 113 Å².